The van der Waals surface area contributed by atoms with E-state index in [4.69, 9.17) is 0 Å². The maximum atomic E-state index is 12.3. The van der Waals surface area contributed by atoms with Crippen LogP contribution in [-0.2, 0) is 9.59 Å². The fraction of sp³-hybridized carbons (Fsp3) is 0.111. The molecule has 2 aromatic rings. The third-order valence-electron chi connectivity index (χ3n) is 3.84. The van der Waals surface area contributed by atoms with Crippen LogP contribution in [0.2, 0.25) is 0 Å². The Labute approximate surface area is 128 Å². The van der Waals surface area contributed by atoms with Gasteiger partial charge in [0.1, 0.15) is 5.76 Å². The summed E-state index contributed by atoms with van der Waals surface area (Å²) in [6.07, 6.45) is 0. The van der Waals surface area contributed by atoms with E-state index in [9.17, 15) is 14.7 Å². The van der Waals surface area contributed by atoms with E-state index in [1.165, 1.54) is 4.90 Å². The van der Waals surface area contributed by atoms with Gasteiger partial charge in [0.15, 0.2) is 0 Å². The number of ketones is 1. The number of likely N-dealkylation sites (tertiary alicyclic amines) is 1. The van der Waals surface area contributed by atoms with Crippen LogP contribution >= 0.6 is 0 Å². The lowest BCUT2D eigenvalue weighted by molar-refractivity contribution is -0.139. The molecule has 3 rings (SSSR count). The van der Waals surface area contributed by atoms with Crippen LogP contribution in [0.25, 0.3) is 5.76 Å². The Hall–Kier alpha value is -2.88. The molecule has 0 unspecified atom stereocenters. The second-order valence-corrected chi connectivity index (χ2v) is 5.19. The van der Waals surface area contributed by atoms with Crippen molar-refractivity contribution in [3.63, 3.8) is 0 Å². The summed E-state index contributed by atoms with van der Waals surface area (Å²) < 4.78 is 0. The highest BCUT2D eigenvalue weighted by molar-refractivity contribution is 6.46. The lowest BCUT2D eigenvalue weighted by Crippen LogP contribution is -2.24. The van der Waals surface area contributed by atoms with Crippen LogP contribution < -0.4 is 0 Å². The van der Waals surface area contributed by atoms with Crippen LogP contribution in [0.15, 0.2) is 66.2 Å². The Morgan fingerprint density at radius 1 is 0.955 bits per heavy atom. The number of likely N-dealkylation sites (N-methyl/N-ethyl adjacent to an activating group) is 1. The number of nitrogens with zero attached hydrogens (tertiary/aromatic N) is 1. The van der Waals surface area contributed by atoms with E-state index in [1.54, 1.807) is 31.3 Å². The molecule has 2 aromatic carbocycles. The van der Waals surface area contributed by atoms with Crippen molar-refractivity contribution in [3.05, 3.63) is 77.4 Å². The molecule has 1 atom stereocenters. The number of Topliss-reactive ketones (excluding diaryl/α,β-unsaturated/α-hetero) is 1. The van der Waals surface area contributed by atoms with Gasteiger partial charge in [-0.15, -0.1) is 0 Å². The van der Waals surface area contributed by atoms with Gasteiger partial charge in [0.2, 0.25) is 0 Å². The predicted octanol–water partition coefficient (Wildman–Crippen LogP) is 2.74. The summed E-state index contributed by atoms with van der Waals surface area (Å²) >= 11 is 0. The Morgan fingerprint density at radius 2 is 1.50 bits per heavy atom. The molecule has 0 saturated carbocycles. The van der Waals surface area contributed by atoms with E-state index < -0.39 is 17.7 Å². The standard InChI is InChI=1S/C18H15NO3/c1-19-15(12-8-4-2-5-9-12)14(17(21)18(19)22)16(20)13-10-6-3-7-11-13/h2-11,15,20H,1H3/b16-14+/t15-/m1/s1. The highest BCUT2D eigenvalue weighted by Gasteiger charge is 2.43. The number of benzene rings is 2. The summed E-state index contributed by atoms with van der Waals surface area (Å²) in [6.45, 7) is 0. The van der Waals surface area contributed by atoms with Crippen LogP contribution in [0.1, 0.15) is 17.2 Å². The summed E-state index contributed by atoms with van der Waals surface area (Å²) in [4.78, 5) is 25.7. The molecule has 0 bridgehead atoms. The zero-order chi connectivity index (χ0) is 15.7. The first-order valence-corrected chi connectivity index (χ1v) is 6.96. The van der Waals surface area contributed by atoms with E-state index in [0.717, 1.165) is 5.56 Å². The lowest BCUT2D eigenvalue weighted by atomic mass is 9.95. The van der Waals surface area contributed by atoms with Crippen molar-refractivity contribution >= 4 is 17.4 Å². The molecule has 1 amide bonds. The van der Waals surface area contributed by atoms with Gasteiger partial charge >= 0.3 is 0 Å². The first-order chi connectivity index (χ1) is 10.6. The van der Waals surface area contributed by atoms with E-state index >= 15 is 0 Å². The molecule has 0 aromatic heterocycles. The first kappa shape index (κ1) is 14.1. The van der Waals surface area contributed by atoms with Crippen molar-refractivity contribution in [2.45, 2.75) is 6.04 Å². The molecule has 4 heteroatoms. The summed E-state index contributed by atoms with van der Waals surface area (Å²) in [5.74, 6) is -1.40. The third-order valence-corrected chi connectivity index (χ3v) is 3.84. The monoisotopic (exact) mass is 293 g/mol. The SMILES string of the molecule is CN1C(=O)C(=O)/C(=C(/O)c2ccccc2)[C@H]1c1ccccc1. The predicted molar refractivity (Wildman–Crippen MR) is 83.0 cm³/mol. The Bertz CT molecular complexity index is 750. The summed E-state index contributed by atoms with van der Waals surface area (Å²) in [7, 11) is 1.57. The van der Waals surface area contributed by atoms with E-state index in [2.05, 4.69) is 0 Å². The van der Waals surface area contributed by atoms with Crippen LogP contribution in [-0.4, -0.2) is 28.7 Å². The fourth-order valence-corrected chi connectivity index (χ4v) is 2.72. The molecule has 22 heavy (non-hydrogen) atoms. The van der Waals surface area contributed by atoms with Crippen LogP contribution in [0.5, 0.6) is 0 Å². The van der Waals surface area contributed by atoms with Gasteiger partial charge < -0.3 is 10.0 Å². The number of carbonyl (C=O) groups is 2. The number of carbonyl (C=O) groups excluding carboxylic acids is 2. The Morgan fingerprint density at radius 3 is 2.09 bits per heavy atom. The number of hydrogen-bond acceptors (Lipinski definition) is 3. The molecule has 110 valence electrons. The minimum absolute atomic E-state index is 0.130. The number of amides is 1. The zero-order valence-electron chi connectivity index (χ0n) is 12.1. The van der Waals surface area contributed by atoms with Gasteiger partial charge in [-0.25, -0.2) is 0 Å². The minimum atomic E-state index is -0.655. The average molecular weight is 293 g/mol. The Balaban J connectivity index is 2.18. The molecule has 1 heterocycles. The molecule has 1 aliphatic heterocycles. The van der Waals surface area contributed by atoms with Gasteiger partial charge in [0.25, 0.3) is 11.7 Å². The quantitative estimate of drug-likeness (QED) is 0.526. The highest BCUT2D eigenvalue weighted by Crippen LogP contribution is 2.37. The van der Waals surface area contributed by atoms with Crippen molar-refractivity contribution in [2.24, 2.45) is 0 Å². The second-order valence-electron chi connectivity index (χ2n) is 5.19. The van der Waals surface area contributed by atoms with E-state index in [1.807, 2.05) is 36.4 Å². The molecule has 0 aliphatic carbocycles. The van der Waals surface area contributed by atoms with Crippen LogP contribution in [0.4, 0.5) is 0 Å². The summed E-state index contributed by atoms with van der Waals surface area (Å²) in [5, 5.41) is 10.5. The summed E-state index contributed by atoms with van der Waals surface area (Å²) in [5.41, 5.74) is 1.45. The van der Waals surface area contributed by atoms with E-state index in [0.29, 0.717) is 5.56 Å². The highest BCUT2D eigenvalue weighted by atomic mass is 16.3. The van der Waals surface area contributed by atoms with Crippen LogP contribution in [0, 0.1) is 0 Å². The summed E-state index contributed by atoms with van der Waals surface area (Å²) in [6, 6.07) is 17.4. The normalized spacial score (nSPS) is 20.4. The van der Waals surface area contributed by atoms with Gasteiger partial charge in [-0.2, -0.15) is 0 Å². The van der Waals surface area contributed by atoms with Crippen molar-refractivity contribution in [3.8, 4) is 0 Å². The molecule has 1 fully saturated rings. The molecular weight excluding hydrogens is 278 g/mol. The van der Waals surface area contributed by atoms with Crippen molar-refractivity contribution < 1.29 is 14.7 Å². The minimum Gasteiger partial charge on any atom is -0.507 e. The second kappa shape index (κ2) is 5.48. The van der Waals surface area contributed by atoms with Crippen molar-refractivity contribution in [1.82, 2.24) is 4.90 Å². The smallest absolute Gasteiger partial charge is 0.295 e. The van der Waals surface area contributed by atoms with Gasteiger partial charge in [0.05, 0.1) is 11.6 Å². The largest absolute Gasteiger partial charge is 0.507 e. The van der Waals surface area contributed by atoms with Gasteiger partial charge in [0, 0.05) is 12.6 Å². The number of hydrogen-bond donors (Lipinski definition) is 1. The molecular formula is C18H15NO3. The topological polar surface area (TPSA) is 57.6 Å². The maximum Gasteiger partial charge on any atom is 0.295 e. The number of aliphatic hydroxyl groups excluding tert-OH is 1. The number of aliphatic hydroxyl groups is 1. The third kappa shape index (κ3) is 2.19. The van der Waals surface area contributed by atoms with Crippen LogP contribution in [0.3, 0.4) is 0 Å². The van der Waals surface area contributed by atoms with Gasteiger partial charge in [-0.05, 0) is 5.56 Å². The lowest BCUT2D eigenvalue weighted by Gasteiger charge is -2.20. The molecule has 4 nitrogen and oxygen atoms in total. The Kier molecular flexibility index (Phi) is 3.51. The molecule has 1 aliphatic rings. The maximum absolute atomic E-state index is 12.3. The first-order valence-electron chi connectivity index (χ1n) is 6.96. The zero-order valence-corrected chi connectivity index (χ0v) is 12.1. The molecule has 0 spiro atoms. The van der Waals surface area contributed by atoms with Crippen molar-refractivity contribution in [2.75, 3.05) is 7.05 Å². The average Bonchev–Trinajstić information content (AvgIpc) is 2.80. The number of rotatable bonds is 2. The van der Waals surface area contributed by atoms with E-state index in [-0.39, 0.29) is 11.3 Å². The molecule has 1 saturated heterocycles. The van der Waals surface area contributed by atoms with Crippen molar-refractivity contribution in [1.29, 1.82) is 0 Å². The van der Waals surface area contributed by atoms with Gasteiger partial charge in [-0.1, -0.05) is 60.7 Å². The fourth-order valence-electron chi connectivity index (χ4n) is 2.72. The van der Waals surface area contributed by atoms with Gasteiger partial charge in [-0.3, -0.25) is 9.59 Å². The molecule has 1 N–H and O–H groups in total. The molecule has 0 radical (unpaired) electrons.